The van der Waals surface area contributed by atoms with Gasteiger partial charge in [-0.1, -0.05) is 6.07 Å². The van der Waals surface area contributed by atoms with Gasteiger partial charge in [0.1, 0.15) is 5.75 Å². The molecule has 0 saturated heterocycles. The lowest BCUT2D eigenvalue weighted by Gasteiger charge is -2.23. The third-order valence-electron chi connectivity index (χ3n) is 3.39. The summed E-state index contributed by atoms with van der Waals surface area (Å²) in [5.74, 6) is 0.996. The summed E-state index contributed by atoms with van der Waals surface area (Å²) in [6, 6.07) is 2.47. The number of hydrogen-bond donors (Lipinski definition) is 2. The van der Waals surface area contributed by atoms with Crippen LogP contribution in [0, 0.1) is 20.8 Å². The number of nitrogens with one attached hydrogen (secondary N) is 1. The van der Waals surface area contributed by atoms with E-state index in [1.165, 1.54) is 22.3 Å². The first-order chi connectivity index (χ1) is 8.06. The summed E-state index contributed by atoms with van der Waals surface area (Å²) in [6.45, 7) is 7.02. The van der Waals surface area contributed by atoms with Crippen molar-refractivity contribution in [1.29, 1.82) is 0 Å². The van der Waals surface area contributed by atoms with Gasteiger partial charge in [-0.3, -0.25) is 0 Å². The van der Waals surface area contributed by atoms with Crippen LogP contribution in [0.15, 0.2) is 6.07 Å². The van der Waals surface area contributed by atoms with Gasteiger partial charge in [-0.25, -0.2) is 0 Å². The van der Waals surface area contributed by atoms with E-state index in [-0.39, 0.29) is 6.04 Å². The number of benzene rings is 1. The topological polar surface area (TPSA) is 47.3 Å². The average molecular weight is 236 g/mol. The Labute approximate surface area is 104 Å². The molecule has 17 heavy (non-hydrogen) atoms. The van der Waals surface area contributed by atoms with Crippen molar-refractivity contribution < 1.29 is 4.74 Å². The molecule has 0 amide bonds. The minimum atomic E-state index is 0.259. The Kier molecular flexibility index (Phi) is 4.97. The third kappa shape index (κ3) is 2.79. The zero-order chi connectivity index (χ0) is 13.0. The fourth-order valence-electron chi connectivity index (χ4n) is 2.37. The molecule has 1 aromatic rings. The van der Waals surface area contributed by atoms with E-state index in [0.717, 1.165) is 12.2 Å². The van der Waals surface area contributed by atoms with Crippen molar-refractivity contribution in [1.82, 2.24) is 5.32 Å². The minimum Gasteiger partial charge on any atom is -0.496 e. The van der Waals surface area contributed by atoms with Crippen LogP contribution in [0.5, 0.6) is 5.75 Å². The average Bonchev–Trinajstić information content (AvgIpc) is 2.31. The van der Waals surface area contributed by atoms with Crippen LogP contribution in [-0.2, 0) is 0 Å². The molecule has 0 aliphatic rings. The molecule has 0 spiro atoms. The normalized spacial score (nSPS) is 12.6. The molecule has 1 atom stereocenters. The molecule has 0 radical (unpaired) electrons. The van der Waals surface area contributed by atoms with Crippen LogP contribution in [0.1, 0.15) is 34.7 Å². The summed E-state index contributed by atoms with van der Waals surface area (Å²) >= 11 is 0. The fourth-order valence-corrected chi connectivity index (χ4v) is 2.37. The predicted octanol–water partition coefficient (Wildman–Crippen LogP) is 2.23. The number of rotatable bonds is 5. The lowest BCUT2D eigenvalue weighted by Crippen LogP contribution is -2.22. The summed E-state index contributed by atoms with van der Waals surface area (Å²) in [5.41, 5.74) is 10.7. The highest BCUT2D eigenvalue weighted by atomic mass is 16.5. The van der Waals surface area contributed by atoms with E-state index in [1.807, 2.05) is 7.05 Å². The Bertz CT molecular complexity index is 388. The summed E-state index contributed by atoms with van der Waals surface area (Å²) in [5, 5.41) is 3.32. The van der Waals surface area contributed by atoms with Crippen molar-refractivity contribution in [2.75, 3.05) is 20.7 Å². The smallest absolute Gasteiger partial charge is 0.127 e. The van der Waals surface area contributed by atoms with Gasteiger partial charge in [0, 0.05) is 11.6 Å². The summed E-state index contributed by atoms with van der Waals surface area (Å²) < 4.78 is 5.59. The van der Waals surface area contributed by atoms with Gasteiger partial charge in [0.25, 0.3) is 0 Å². The van der Waals surface area contributed by atoms with E-state index in [4.69, 9.17) is 10.5 Å². The Morgan fingerprint density at radius 1 is 1.29 bits per heavy atom. The first kappa shape index (κ1) is 14.0. The summed E-state index contributed by atoms with van der Waals surface area (Å²) in [7, 11) is 3.70. The monoisotopic (exact) mass is 236 g/mol. The Hall–Kier alpha value is -1.06. The van der Waals surface area contributed by atoms with Gasteiger partial charge in [0.05, 0.1) is 7.11 Å². The molecule has 1 rings (SSSR count). The highest BCUT2D eigenvalue weighted by Gasteiger charge is 2.19. The Morgan fingerprint density at radius 2 is 1.94 bits per heavy atom. The number of hydrogen-bond acceptors (Lipinski definition) is 3. The molecular weight excluding hydrogens is 212 g/mol. The van der Waals surface area contributed by atoms with Gasteiger partial charge < -0.3 is 15.8 Å². The molecule has 3 nitrogen and oxygen atoms in total. The van der Waals surface area contributed by atoms with Crippen LogP contribution in [0.4, 0.5) is 0 Å². The SMILES string of the molecule is CNC(CCN)c1c(C)cc(C)c(C)c1OC. The van der Waals surface area contributed by atoms with Crippen LogP contribution in [0.25, 0.3) is 0 Å². The van der Waals surface area contributed by atoms with Gasteiger partial charge in [-0.2, -0.15) is 0 Å². The van der Waals surface area contributed by atoms with E-state index in [0.29, 0.717) is 6.54 Å². The molecule has 1 unspecified atom stereocenters. The van der Waals surface area contributed by atoms with Gasteiger partial charge in [-0.05, 0) is 57.5 Å². The molecular formula is C14H24N2O. The molecule has 3 heteroatoms. The number of nitrogens with two attached hydrogens (primary N) is 1. The third-order valence-corrected chi connectivity index (χ3v) is 3.39. The van der Waals surface area contributed by atoms with Crippen molar-refractivity contribution >= 4 is 0 Å². The van der Waals surface area contributed by atoms with Gasteiger partial charge >= 0.3 is 0 Å². The summed E-state index contributed by atoms with van der Waals surface area (Å²) in [4.78, 5) is 0. The second kappa shape index (κ2) is 6.03. The van der Waals surface area contributed by atoms with E-state index in [9.17, 15) is 0 Å². The van der Waals surface area contributed by atoms with E-state index in [2.05, 4.69) is 32.2 Å². The molecule has 0 aromatic heterocycles. The van der Waals surface area contributed by atoms with Crippen molar-refractivity contribution in [3.8, 4) is 5.75 Å². The maximum Gasteiger partial charge on any atom is 0.127 e. The number of ether oxygens (including phenoxy) is 1. The predicted molar refractivity (Wildman–Crippen MR) is 72.7 cm³/mol. The molecule has 3 N–H and O–H groups in total. The molecule has 0 heterocycles. The van der Waals surface area contributed by atoms with E-state index >= 15 is 0 Å². The van der Waals surface area contributed by atoms with Crippen molar-refractivity contribution in [2.45, 2.75) is 33.2 Å². The van der Waals surface area contributed by atoms with Gasteiger partial charge in [0.2, 0.25) is 0 Å². The maximum absolute atomic E-state index is 5.67. The van der Waals surface area contributed by atoms with Crippen LogP contribution in [0.2, 0.25) is 0 Å². The van der Waals surface area contributed by atoms with Gasteiger partial charge in [-0.15, -0.1) is 0 Å². The second-order valence-corrected chi connectivity index (χ2v) is 4.50. The van der Waals surface area contributed by atoms with Gasteiger partial charge in [0.15, 0.2) is 0 Å². The first-order valence-corrected chi connectivity index (χ1v) is 6.08. The first-order valence-electron chi connectivity index (χ1n) is 6.08. The maximum atomic E-state index is 5.67. The van der Waals surface area contributed by atoms with E-state index in [1.54, 1.807) is 7.11 Å². The number of methoxy groups -OCH3 is 1. The minimum absolute atomic E-state index is 0.259. The Balaban J connectivity index is 3.34. The molecule has 96 valence electrons. The molecule has 0 fully saturated rings. The zero-order valence-electron chi connectivity index (χ0n) is 11.6. The Morgan fingerprint density at radius 3 is 2.41 bits per heavy atom. The lowest BCUT2D eigenvalue weighted by molar-refractivity contribution is 0.395. The largest absolute Gasteiger partial charge is 0.496 e. The van der Waals surface area contributed by atoms with Crippen LogP contribution >= 0.6 is 0 Å². The lowest BCUT2D eigenvalue weighted by atomic mass is 9.92. The highest BCUT2D eigenvalue weighted by Crippen LogP contribution is 2.34. The molecule has 0 aliphatic heterocycles. The zero-order valence-corrected chi connectivity index (χ0v) is 11.6. The van der Waals surface area contributed by atoms with Crippen LogP contribution < -0.4 is 15.8 Å². The molecule has 0 bridgehead atoms. The highest BCUT2D eigenvalue weighted by molar-refractivity contribution is 5.51. The quantitative estimate of drug-likeness (QED) is 0.824. The van der Waals surface area contributed by atoms with Crippen LogP contribution in [0.3, 0.4) is 0 Å². The van der Waals surface area contributed by atoms with Crippen molar-refractivity contribution in [3.63, 3.8) is 0 Å². The fraction of sp³-hybridized carbons (Fsp3) is 0.571. The van der Waals surface area contributed by atoms with Crippen molar-refractivity contribution in [2.24, 2.45) is 5.73 Å². The summed E-state index contributed by atoms with van der Waals surface area (Å²) in [6.07, 6.45) is 0.913. The van der Waals surface area contributed by atoms with E-state index < -0.39 is 0 Å². The number of aryl methyl sites for hydroxylation is 2. The molecule has 0 aliphatic carbocycles. The van der Waals surface area contributed by atoms with Crippen molar-refractivity contribution in [3.05, 3.63) is 28.3 Å². The molecule has 1 aromatic carbocycles. The standard InChI is InChI=1S/C14H24N2O/c1-9-8-10(2)13(12(16-4)6-7-15)14(17-5)11(9)3/h8,12,16H,6-7,15H2,1-5H3. The second-order valence-electron chi connectivity index (χ2n) is 4.50. The molecule has 0 saturated carbocycles. The van der Waals surface area contributed by atoms with Crippen LogP contribution in [-0.4, -0.2) is 20.7 Å².